The first-order valence-electron chi connectivity index (χ1n) is 9.16. The molecule has 1 aliphatic heterocycles. The van der Waals surface area contributed by atoms with Gasteiger partial charge in [0.15, 0.2) is 5.92 Å². The fraction of sp³-hybridized carbons (Fsp3) is 0.364. The van der Waals surface area contributed by atoms with Crippen LogP contribution in [0.5, 0.6) is 0 Å². The molecule has 5 nitrogen and oxygen atoms in total. The Kier molecular flexibility index (Phi) is 5.61. The minimum Gasteiger partial charge on any atom is -0.468 e. The van der Waals surface area contributed by atoms with Gasteiger partial charge in [-0.3, -0.25) is 9.59 Å². The number of carbonyl (C=O) groups is 2. The van der Waals surface area contributed by atoms with Crippen LogP contribution >= 0.6 is 0 Å². The number of likely N-dealkylation sites (tertiary alicyclic amines) is 1. The number of amides is 1. The van der Waals surface area contributed by atoms with E-state index < -0.39 is 23.5 Å². The van der Waals surface area contributed by atoms with Crippen molar-refractivity contribution >= 4 is 11.9 Å². The number of carbonyl (C=O) groups excluding carboxylic acids is 2. The predicted molar refractivity (Wildman–Crippen MR) is 102 cm³/mol. The van der Waals surface area contributed by atoms with Crippen LogP contribution in [0.15, 0.2) is 60.7 Å². The molecule has 1 heterocycles. The molecule has 1 fully saturated rings. The number of nitrogens with zero attached hydrogens (tertiary/aromatic N) is 1. The molecule has 1 saturated heterocycles. The SMILES string of the molecule is CCCN1C(=O)[C@H](C(=O)OC)[C@H]1C(OC)(c1ccccc1)c1ccccc1. The summed E-state index contributed by atoms with van der Waals surface area (Å²) in [6.45, 7) is 2.57. The lowest BCUT2D eigenvalue weighted by atomic mass is 9.69. The van der Waals surface area contributed by atoms with Crippen LogP contribution in [0.25, 0.3) is 0 Å². The Hall–Kier alpha value is -2.66. The minimum atomic E-state index is -0.968. The number of esters is 1. The number of hydrogen-bond donors (Lipinski definition) is 0. The third-order valence-electron chi connectivity index (χ3n) is 5.26. The highest BCUT2D eigenvalue weighted by Crippen LogP contribution is 2.47. The highest BCUT2D eigenvalue weighted by atomic mass is 16.5. The summed E-state index contributed by atoms with van der Waals surface area (Å²) < 4.78 is 11.1. The van der Waals surface area contributed by atoms with E-state index in [4.69, 9.17) is 9.47 Å². The zero-order chi connectivity index (χ0) is 19.4. The lowest BCUT2D eigenvalue weighted by Crippen LogP contribution is -2.71. The van der Waals surface area contributed by atoms with Gasteiger partial charge in [-0.1, -0.05) is 67.6 Å². The number of rotatable bonds is 7. The highest BCUT2D eigenvalue weighted by Gasteiger charge is 2.62. The maximum Gasteiger partial charge on any atom is 0.320 e. The monoisotopic (exact) mass is 367 g/mol. The third-order valence-corrected chi connectivity index (χ3v) is 5.26. The summed E-state index contributed by atoms with van der Waals surface area (Å²) in [5, 5.41) is 0. The normalized spacial score (nSPS) is 19.5. The number of β-lactam (4-membered cyclic amide) rings is 1. The molecule has 0 aliphatic carbocycles. The summed E-state index contributed by atoms with van der Waals surface area (Å²) in [5.41, 5.74) is 0.821. The Labute approximate surface area is 159 Å². The maximum atomic E-state index is 12.8. The van der Waals surface area contributed by atoms with Gasteiger partial charge in [0.1, 0.15) is 5.60 Å². The molecule has 0 spiro atoms. The first kappa shape index (κ1) is 19.1. The van der Waals surface area contributed by atoms with Crippen LogP contribution in [0.3, 0.4) is 0 Å². The molecule has 2 atom stereocenters. The molecule has 0 N–H and O–H groups in total. The average molecular weight is 367 g/mol. The Morgan fingerprint density at radius 3 is 1.93 bits per heavy atom. The van der Waals surface area contributed by atoms with Crippen LogP contribution in [0.1, 0.15) is 24.5 Å². The summed E-state index contributed by atoms with van der Waals surface area (Å²) >= 11 is 0. The van der Waals surface area contributed by atoms with E-state index in [1.807, 2.05) is 67.6 Å². The molecule has 0 bridgehead atoms. The van der Waals surface area contributed by atoms with Crippen molar-refractivity contribution in [3.8, 4) is 0 Å². The van der Waals surface area contributed by atoms with Crippen molar-refractivity contribution < 1.29 is 19.1 Å². The number of hydrogen-bond acceptors (Lipinski definition) is 4. The van der Waals surface area contributed by atoms with Crippen molar-refractivity contribution in [2.75, 3.05) is 20.8 Å². The first-order chi connectivity index (χ1) is 13.1. The molecule has 0 radical (unpaired) electrons. The van der Waals surface area contributed by atoms with Gasteiger partial charge in [-0.05, 0) is 17.5 Å². The van der Waals surface area contributed by atoms with Crippen molar-refractivity contribution in [2.24, 2.45) is 5.92 Å². The number of benzene rings is 2. The van der Waals surface area contributed by atoms with Gasteiger partial charge in [0.05, 0.1) is 13.2 Å². The summed E-state index contributed by atoms with van der Waals surface area (Å²) in [4.78, 5) is 27.0. The van der Waals surface area contributed by atoms with Gasteiger partial charge in [-0.2, -0.15) is 0 Å². The predicted octanol–water partition coefficient (Wildman–Crippen LogP) is 2.99. The molecular weight excluding hydrogens is 342 g/mol. The van der Waals surface area contributed by atoms with E-state index in [1.54, 1.807) is 12.0 Å². The van der Waals surface area contributed by atoms with Crippen LogP contribution in [-0.2, 0) is 24.7 Å². The first-order valence-corrected chi connectivity index (χ1v) is 9.16. The lowest BCUT2D eigenvalue weighted by molar-refractivity contribution is -0.189. The molecule has 2 aromatic rings. The fourth-order valence-electron chi connectivity index (χ4n) is 4.09. The molecule has 5 heteroatoms. The van der Waals surface area contributed by atoms with Crippen molar-refractivity contribution in [2.45, 2.75) is 25.0 Å². The van der Waals surface area contributed by atoms with E-state index in [0.29, 0.717) is 6.54 Å². The molecule has 0 saturated carbocycles. The second-order valence-electron chi connectivity index (χ2n) is 6.65. The van der Waals surface area contributed by atoms with Crippen molar-refractivity contribution in [3.05, 3.63) is 71.8 Å². The summed E-state index contributed by atoms with van der Waals surface area (Å²) in [6.07, 6.45) is 0.791. The van der Waals surface area contributed by atoms with Crippen LogP contribution in [0, 0.1) is 5.92 Å². The standard InChI is InChI=1S/C22H25NO4/c1-4-15-23-19(18(20(23)24)21(25)26-2)22(27-3,16-11-7-5-8-12-16)17-13-9-6-10-14-17/h5-14,18-19H,4,15H2,1-3H3/t18-,19+/m1/s1. The zero-order valence-electron chi connectivity index (χ0n) is 15.9. The quantitative estimate of drug-likeness (QED) is 0.429. The van der Waals surface area contributed by atoms with Gasteiger partial charge in [-0.15, -0.1) is 0 Å². The summed E-state index contributed by atoms with van der Waals surface area (Å²) in [6, 6.07) is 19.0. The number of ether oxygens (including phenoxy) is 2. The second-order valence-corrected chi connectivity index (χ2v) is 6.65. The van der Waals surface area contributed by atoms with Crippen molar-refractivity contribution in [1.29, 1.82) is 0 Å². The Morgan fingerprint density at radius 2 is 1.52 bits per heavy atom. The third kappa shape index (κ3) is 3.02. The molecule has 1 amide bonds. The topological polar surface area (TPSA) is 55.8 Å². The molecule has 27 heavy (non-hydrogen) atoms. The van der Waals surface area contributed by atoms with E-state index >= 15 is 0 Å². The minimum absolute atomic E-state index is 0.206. The summed E-state index contributed by atoms with van der Waals surface area (Å²) in [7, 11) is 2.94. The lowest BCUT2D eigenvalue weighted by Gasteiger charge is -2.54. The van der Waals surface area contributed by atoms with Gasteiger partial charge in [0.25, 0.3) is 0 Å². The highest BCUT2D eigenvalue weighted by molar-refractivity contribution is 6.04. The van der Waals surface area contributed by atoms with E-state index in [-0.39, 0.29) is 5.91 Å². The van der Waals surface area contributed by atoms with E-state index in [1.165, 1.54) is 7.11 Å². The van der Waals surface area contributed by atoms with E-state index in [0.717, 1.165) is 17.5 Å². The van der Waals surface area contributed by atoms with Gasteiger partial charge >= 0.3 is 5.97 Å². The van der Waals surface area contributed by atoms with Crippen molar-refractivity contribution in [1.82, 2.24) is 4.90 Å². The second kappa shape index (κ2) is 7.92. The molecule has 142 valence electrons. The van der Waals surface area contributed by atoms with Gasteiger partial charge < -0.3 is 14.4 Å². The molecular formula is C22H25NO4. The molecule has 1 aliphatic rings. The Balaban J connectivity index is 2.22. The van der Waals surface area contributed by atoms with E-state index in [2.05, 4.69) is 0 Å². The van der Waals surface area contributed by atoms with Crippen LogP contribution in [-0.4, -0.2) is 43.6 Å². The molecule has 2 aromatic carbocycles. The maximum absolute atomic E-state index is 12.8. The fourth-order valence-corrected chi connectivity index (χ4v) is 4.09. The number of methoxy groups -OCH3 is 2. The van der Waals surface area contributed by atoms with Crippen LogP contribution < -0.4 is 0 Å². The van der Waals surface area contributed by atoms with Crippen LogP contribution in [0.2, 0.25) is 0 Å². The molecule has 0 unspecified atom stereocenters. The molecule has 0 aromatic heterocycles. The van der Waals surface area contributed by atoms with Crippen LogP contribution in [0.4, 0.5) is 0 Å². The zero-order valence-corrected chi connectivity index (χ0v) is 15.9. The Bertz CT molecular complexity index is 751. The Morgan fingerprint density at radius 1 is 1.00 bits per heavy atom. The smallest absolute Gasteiger partial charge is 0.320 e. The summed E-state index contributed by atoms with van der Waals surface area (Å²) in [5.74, 6) is -1.62. The van der Waals surface area contributed by atoms with Gasteiger partial charge in [0.2, 0.25) is 5.91 Å². The van der Waals surface area contributed by atoms with Gasteiger partial charge in [0, 0.05) is 13.7 Å². The molecule has 3 rings (SSSR count). The largest absolute Gasteiger partial charge is 0.468 e. The average Bonchev–Trinajstić information content (AvgIpc) is 2.73. The van der Waals surface area contributed by atoms with Crippen molar-refractivity contribution in [3.63, 3.8) is 0 Å². The van der Waals surface area contributed by atoms with E-state index in [9.17, 15) is 9.59 Å². The van der Waals surface area contributed by atoms with Gasteiger partial charge in [-0.25, -0.2) is 0 Å².